The second kappa shape index (κ2) is 17.3. The summed E-state index contributed by atoms with van der Waals surface area (Å²) in [5.74, 6) is 0. The Kier molecular flexibility index (Phi) is 11.9. The van der Waals surface area contributed by atoms with Crippen LogP contribution < -0.4 is 16.9 Å². The molecule has 54 heavy (non-hydrogen) atoms. The van der Waals surface area contributed by atoms with Crippen molar-refractivity contribution in [2.45, 2.75) is 13.1 Å². The summed E-state index contributed by atoms with van der Waals surface area (Å²) in [6, 6.07) is 46.8. The molecule has 0 unspecified atom stereocenters. The van der Waals surface area contributed by atoms with Crippen molar-refractivity contribution in [2.75, 3.05) is 11.5 Å². The summed E-state index contributed by atoms with van der Waals surface area (Å²) in [6.45, 7) is 16.0. The van der Waals surface area contributed by atoms with E-state index in [0.717, 1.165) is 56.2 Å². The van der Waals surface area contributed by atoms with Crippen LogP contribution in [0.5, 0.6) is 0 Å². The van der Waals surface area contributed by atoms with Crippen LogP contribution in [0.4, 0.5) is 22.7 Å². The molecule has 0 spiro atoms. The molecule has 8 aromatic rings. The van der Waals surface area contributed by atoms with Crippen LogP contribution in [0.3, 0.4) is 0 Å². The Balaban J connectivity index is 0.000000151. The van der Waals surface area contributed by atoms with Gasteiger partial charge in [-0.25, -0.2) is 9.69 Å². The minimum Gasteiger partial charge on any atom is -0.423 e. The molecule has 2 aromatic heterocycles. The van der Waals surface area contributed by atoms with Crippen molar-refractivity contribution >= 4 is 73.1 Å². The average Bonchev–Trinajstić information content (AvgIpc) is 3.71. The van der Waals surface area contributed by atoms with E-state index in [4.69, 9.17) is 34.7 Å². The number of hydrogen-bond acceptors (Lipinski definition) is 4. The first-order valence-electron chi connectivity index (χ1n) is 17.0. The van der Waals surface area contributed by atoms with E-state index in [9.17, 15) is 0 Å². The van der Waals surface area contributed by atoms with Crippen LogP contribution in [0.2, 0.25) is 0 Å². The number of aromatic nitrogens is 2. The van der Waals surface area contributed by atoms with Gasteiger partial charge in [-0.1, -0.05) is 97.1 Å². The Hall–Kier alpha value is -6.56. The fourth-order valence-corrected chi connectivity index (χ4v) is 6.71. The summed E-state index contributed by atoms with van der Waals surface area (Å²) in [5, 5.41) is 19.5. The van der Waals surface area contributed by atoms with Crippen LogP contribution in [-0.4, -0.2) is 26.3 Å². The van der Waals surface area contributed by atoms with Gasteiger partial charge in [0, 0.05) is 63.3 Å². The maximum Gasteiger partial charge on any atom is 0.488 e. The summed E-state index contributed by atoms with van der Waals surface area (Å²) < 4.78 is 5.46. The number of hydrogen-bond donors (Lipinski definition) is 4. The molecule has 8 nitrogen and oxygen atoms in total. The Labute approximate surface area is 323 Å². The Morgan fingerprint density at radius 2 is 1.09 bits per heavy atom. The van der Waals surface area contributed by atoms with Gasteiger partial charge in [-0.3, -0.25) is 0 Å². The Morgan fingerprint density at radius 1 is 0.574 bits per heavy atom. The summed E-state index contributed by atoms with van der Waals surface area (Å²) in [7, 11) is -1.43. The zero-order valence-corrected chi connectivity index (χ0v) is 30.8. The summed E-state index contributed by atoms with van der Waals surface area (Å²) in [4.78, 5) is 7.06. The van der Waals surface area contributed by atoms with Gasteiger partial charge in [0.15, 0.2) is 11.4 Å². The van der Waals surface area contributed by atoms with Crippen LogP contribution in [-0.2, 0) is 13.1 Å². The van der Waals surface area contributed by atoms with E-state index in [1.54, 1.807) is 18.2 Å². The number of benzene rings is 6. The van der Waals surface area contributed by atoms with Crippen LogP contribution in [0.1, 0.15) is 11.1 Å². The summed E-state index contributed by atoms with van der Waals surface area (Å²) in [5.41, 5.74) is 21.3. The first-order chi connectivity index (χ1) is 26.2. The van der Waals surface area contributed by atoms with E-state index in [0.29, 0.717) is 22.5 Å². The lowest BCUT2D eigenvalue weighted by atomic mass is 9.80. The number of nitrogens with zero attached hydrogens (tertiary/aromatic N) is 4. The maximum atomic E-state index is 8.65. The molecule has 0 radical (unpaired) electrons. The molecular formula is C44H36BBrN6O2. The van der Waals surface area contributed by atoms with Gasteiger partial charge in [0.05, 0.1) is 13.1 Å². The molecule has 8 rings (SSSR count). The van der Waals surface area contributed by atoms with Crippen LogP contribution in [0.15, 0.2) is 162 Å². The minimum absolute atomic E-state index is 0.417. The quantitative estimate of drug-likeness (QED) is 0.0767. The normalized spacial score (nSPS) is 10.4. The third-order valence-corrected chi connectivity index (χ3v) is 9.37. The molecule has 0 atom stereocenters. The average molecular weight is 772 g/mol. The topological polar surface area (TPSA) is 111 Å². The van der Waals surface area contributed by atoms with Crippen molar-refractivity contribution in [1.82, 2.24) is 9.13 Å². The molecule has 0 bridgehead atoms. The van der Waals surface area contributed by atoms with E-state index in [2.05, 4.69) is 89.6 Å². The van der Waals surface area contributed by atoms with Crippen molar-refractivity contribution in [3.63, 3.8) is 0 Å². The fourth-order valence-electron chi connectivity index (χ4n) is 6.14. The highest BCUT2D eigenvalue weighted by Crippen LogP contribution is 2.35. The lowest BCUT2D eigenvalue weighted by Crippen LogP contribution is -2.29. The van der Waals surface area contributed by atoms with Crippen LogP contribution in [0, 0.1) is 13.1 Å². The second-order valence-electron chi connectivity index (χ2n) is 12.5. The molecule has 0 aliphatic carbocycles. The first kappa shape index (κ1) is 37.2. The van der Waals surface area contributed by atoms with Crippen molar-refractivity contribution in [2.24, 2.45) is 0 Å². The molecule has 0 amide bonds. The van der Waals surface area contributed by atoms with Gasteiger partial charge in [0.25, 0.3) is 0 Å². The zero-order chi connectivity index (χ0) is 38.0. The highest BCUT2D eigenvalue weighted by atomic mass is 79.9. The number of fused-ring (bicyclic) bond motifs is 2. The molecule has 0 aliphatic heterocycles. The third kappa shape index (κ3) is 9.08. The number of nitrogen functional groups attached to an aromatic ring is 2. The molecule has 10 heteroatoms. The molecule has 6 N–H and O–H groups in total. The predicted molar refractivity (Wildman–Crippen MR) is 226 cm³/mol. The lowest BCUT2D eigenvalue weighted by Gasteiger charge is -2.05. The highest BCUT2D eigenvalue weighted by molar-refractivity contribution is 9.10. The number of rotatable bonds is 6. The van der Waals surface area contributed by atoms with Gasteiger partial charge in [-0.2, -0.15) is 0 Å². The van der Waals surface area contributed by atoms with Crippen molar-refractivity contribution in [3.05, 3.63) is 196 Å². The van der Waals surface area contributed by atoms with Gasteiger partial charge in [-0.05, 0) is 92.0 Å². The minimum atomic E-state index is -1.43. The molecule has 0 fully saturated rings. The van der Waals surface area contributed by atoms with E-state index in [1.807, 2.05) is 78.9 Å². The first-order valence-corrected chi connectivity index (χ1v) is 17.8. The number of nitrogens with two attached hydrogens (primary N) is 2. The standard InChI is InChI=1S/C22H17N3.C16H11BrN2.C6H8BNO2/c1-24-19-10-11-22-20(13-19)21(17-8-5-9-18(23)12-17)15-25(22)14-16-6-3-2-4-7-16;1-18-13-7-8-16-14(9-13)15(17)11-19(16)10-12-5-3-2-4-6-12;8-6-3-1-2-5(4-6)7(9)10/h2-13,15H,14,23H2;2-9,11H,10H2;1-4,9-10H,8H2. The van der Waals surface area contributed by atoms with Crippen molar-refractivity contribution in [1.29, 1.82) is 0 Å². The lowest BCUT2D eigenvalue weighted by molar-refractivity contribution is 0.426. The second-order valence-corrected chi connectivity index (χ2v) is 13.4. The van der Waals surface area contributed by atoms with Crippen molar-refractivity contribution in [3.8, 4) is 11.1 Å². The number of halogens is 1. The van der Waals surface area contributed by atoms with Gasteiger partial charge >= 0.3 is 7.12 Å². The van der Waals surface area contributed by atoms with Gasteiger partial charge < -0.3 is 30.6 Å². The number of anilines is 2. The predicted octanol–water partition coefficient (Wildman–Crippen LogP) is 9.44. The SMILES string of the molecule is Nc1cccc(B(O)O)c1.[C-]#[N+]c1ccc2c(c1)c(-c1cccc(N)c1)cn2Cc1ccccc1.[C-]#[N+]c1ccc2c(c1)c(Br)cn2Cc1ccccc1. The maximum absolute atomic E-state index is 8.65. The smallest absolute Gasteiger partial charge is 0.423 e. The van der Waals surface area contributed by atoms with Gasteiger partial charge in [0.2, 0.25) is 0 Å². The molecule has 0 aliphatic rings. The molecule has 264 valence electrons. The zero-order valence-electron chi connectivity index (χ0n) is 29.2. The summed E-state index contributed by atoms with van der Waals surface area (Å²) >= 11 is 3.57. The molecule has 6 aromatic carbocycles. The van der Waals surface area contributed by atoms with E-state index < -0.39 is 7.12 Å². The van der Waals surface area contributed by atoms with Gasteiger partial charge in [-0.15, -0.1) is 0 Å². The summed E-state index contributed by atoms with van der Waals surface area (Å²) in [6.07, 6.45) is 4.23. The van der Waals surface area contributed by atoms with E-state index in [1.165, 1.54) is 17.2 Å². The highest BCUT2D eigenvalue weighted by Gasteiger charge is 2.13. The molecule has 0 saturated heterocycles. The largest absolute Gasteiger partial charge is 0.488 e. The van der Waals surface area contributed by atoms with Gasteiger partial charge in [0.1, 0.15) is 0 Å². The van der Waals surface area contributed by atoms with Crippen molar-refractivity contribution < 1.29 is 10.0 Å². The fraction of sp³-hybridized carbons (Fsp3) is 0.0455. The van der Waals surface area contributed by atoms with Crippen LogP contribution >= 0.6 is 15.9 Å². The van der Waals surface area contributed by atoms with Crippen LogP contribution in [0.25, 0.3) is 42.6 Å². The monoisotopic (exact) mass is 770 g/mol. The molecule has 2 heterocycles. The van der Waals surface area contributed by atoms with E-state index in [-0.39, 0.29) is 0 Å². The molecule has 0 saturated carbocycles. The Bertz CT molecular complexity index is 2610. The molecular weight excluding hydrogens is 735 g/mol. The van der Waals surface area contributed by atoms with E-state index >= 15 is 0 Å². The third-order valence-electron chi connectivity index (χ3n) is 8.74. The Morgan fingerprint density at radius 3 is 1.61 bits per heavy atom.